The molecule has 0 saturated heterocycles. The molecule has 1 aromatic heterocycles. The Morgan fingerprint density at radius 2 is 1.75 bits per heavy atom. The van der Waals surface area contributed by atoms with Crippen LogP contribution in [0.3, 0.4) is 0 Å². The van der Waals surface area contributed by atoms with Crippen LogP contribution in [0.25, 0.3) is 11.5 Å². The average molecular weight is 382 g/mol. The highest BCUT2D eigenvalue weighted by molar-refractivity contribution is 5.60. The zero-order valence-corrected chi connectivity index (χ0v) is 16.5. The molecule has 0 atom stereocenters. The number of aromatic nitrogens is 1. The van der Waals surface area contributed by atoms with Crippen LogP contribution in [-0.4, -0.2) is 42.4 Å². The molecule has 1 N–H and O–H groups in total. The summed E-state index contributed by atoms with van der Waals surface area (Å²) >= 11 is 0. The van der Waals surface area contributed by atoms with E-state index in [-0.39, 0.29) is 6.61 Å². The fourth-order valence-corrected chi connectivity index (χ4v) is 3.08. The predicted molar refractivity (Wildman–Crippen MR) is 107 cm³/mol. The second-order valence-electron chi connectivity index (χ2n) is 6.51. The molecule has 0 spiro atoms. The highest BCUT2D eigenvalue weighted by Crippen LogP contribution is 2.32. The summed E-state index contributed by atoms with van der Waals surface area (Å²) in [6, 6.07) is 15.8. The number of hydrogen-bond donors (Lipinski definition) is 1. The zero-order chi connectivity index (χ0) is 19.9. The number of nitrogens with zero attached hydrogens (tertiary/aromatic N) is 2. The molecule has 0 radical (unpaired) electrons. The predicted octanol–water partition coefficient (Wildman–Crippen LogP) is 3.66. The fraction of sp³-hybridized carbons (Fsp3) is 0.318. The molecule has 0 amide bonds. The van der Waals surface area contributed by atoms with E-state index in [9.17, 15) is 5.11 Å². The largest absolute Gasteiger partial charge is 0.493 e. The maximum atomic E-state index is 9.44. The van der Waals surface area contributed by atoms with Gasteiger partial charge < -0.3 is 19.0 Å². The number of methoxy groups -OCH3 is 2. The van der Waals surface area contributed by atoms with Gasteiger partial charge in [0.05, 0.1) is 26.5 Å². The highest BCUT2D eigenvalue weighted by Gasteiger charge is 2.16. The number of oxazole rings is 1. The summed E-state index contributed by atoms with van der Waals surface area (Å²) in [6.07, 6.45) is 0. The summed E-state index contributed by atoms with van der Waals surface area (Å²) in [5.74, 6) is 2.59. The first kappa shape index (κ1) is 19.9. The van der Waals surface area contributed by atoms with E-state index in [1.807, 2.05) is 43.3 Å². The molecule has 0 bridgehead atoms. The number of aliphatic hydroxyl groups excluding tert-OH is 1. The molecule has 2 aromatic carbocycles. The van der Waals surface area contributed by atoms with Gasteiger partial charge in [-0.25, -0.2) is 4.98 Å². The number of ether oxygens (including phenoxy) is 2. The van der Waals surface area contributed by atoms with E-state index in [1.165, 1.54) is 5.56 Å². The van der Waals surface area contributed by atoms with Crippen LogP contribution in [0, 0.1) is 6.92 Å². The molecule has 1 heterocycles. The van der Waals surface area contributed by atoms with Crippen molar-refractivity contribution in [3.63, 3.8) is 0 Å². The Kier molecular flexibility index (Phi) is 6.68. The van der Waals surface area contributed by atoms with Crippen molar-refractivity contribution in [1.29, 1.82) is 0 Å². The third kappa shape index (κ3) is 4.71. The Morgan fingerprint density at radius 3 is 2.43 bits per heavy atom. The molecule has 0 saturated carbocycles. The lowest BCUT2D eigenvalue weighted by Gasteiger charge is -2.20. The minimum Gasteiger partial charge on any atom is -0.493 e. The molecule has 148 valence electrons. The summed E-state index contributed by atoms with van der Waals surface area (Å²) in [7, 11) is 3.21. The highest BCUT2D eigenvalue weighted by atomic mass is 16.5. The van der Waals surface area contributed by atoms with Gasteiger partial charge in [0.1, 0.15) is 5.76 Å². The van der Waals surface area contributed by atoms with E-state index >= 15 is 0 Å². The average Bonchev–Trinajstić information content (AvgIpc) is 3.08. The third-order valence-electron chi connectivity index (χ3n) is 4.56. The molecule has 0 unspecified atom stereocenters. The van der Waals surface area contributed by atoms with Crippen molar-refractivity contribution >= 4 is 0 Å². The molecule has 0 fully saturated rings. The van der Waals surface area contributed by atoms with E-state index < -0.39 is 0 Å². The summed E-state index contributed by atoms with van der Waals surface area (Å²) in [5.41, 5.74) is 2.87. The second-order valence-corrected chi connectivity index (χ2v) is 6.51. The summed E-state index contributed by atoms with van der Waals surface area (Å²) in [5, 5.41) is 9.44. The fourth-order valence-electron chi connectivity index (χ4n) is 3.08. The number of aliphatic hydroxyl groups is 1. The number of benzene rings is 2. The van der Waals surface area contributed by atoms with Gasteiger partial charge in [-0.1, -0.05) is 30.3 Å². The summed E-state index contributed by atoms with van der Waals surface area (Å²) in [6.45, 7) is 3.89. The minimum atomic E-state index is 0.0896. The van der Waals surface area contributed by atoms with Gasteiger partial charge in [-0.3, -0.25) is 4.90 Å². The smallest absolute Gasteiger partial charge is 0.226 e. The summed E-state index contributed by atoms with van der Waals surface area (Å²) < 4.78 is 16.6. The molecule has 28 heavy (non-hydrogen) atoms. The number of rotatable bonds is 9. The standard InChI is InChI=1S/C22H26N2O4/c1-16-19(15-24(11-12-25)14-17-7-5-4-6-8-17)23-22(28-16)18-9-10-20(26-2)21(13-18)27-3/h4-10,13,25H,11-12,14-15H2,1-3H3. The number of hydrogen-bond acceptors (Lipinski definition) is 6. The van der Waals surface area contributed by atoms with E-state index in [2.05, 4.69) is 22.0 Å². The minimum absolute atomic E-state index is 0.0896. The summed E-state index contributed by atoms with van der Waals surface area (Å²) in [4.78, 5) is 6.84. The van der Waals surface area contributed by atoms with E-state index in [1.54, 1.807) is 14.2 Å². The Hall–Kier alpha value is -2.83. The first-order valence-corrected chi connectivity index (χ1v) is 9.20. The Balaban J connectivity index is 1.80. The van der Waals surface area contributed by atoms with Crippen LogP contribution in [0.2, 0.25) is 0 Å². The van der Waals surface area contributed by atoms with Gasteiger partial charge in [0, 0.05) is 25.2 Å². The van der Waals surface area contributed by atoms with Crippen LogP contribution in [0.1, 0.15) is 17.0 Å². The lowest BCUT2D eigenvalue weighted by Crippen LogP contribution is -2.26. The van der Waals surface area contributed by atoms with Crippen molar-refractivity contribution in [2.45, 2.75) is 20.0 Å². The molecule has 0 aliphatic heterocycles. The van der Waals surface area contributed by atoms with Crippen molar-refractivity contribution in [1.82, 2.24) is 9.88 Å². The van der Waals surface area contributed by atoms with Gasteiger partial charge >= 0.3 is 0 Å². The SMILES string of the molecule is COc1ccc(-c2nc(CN(CCO)Cc3ccccc3)c(C)o2)cc1OC. The monoisotopic (exact) mass is 382 g/mol. The van der Waals surface area contributed by atoms with Crippen LogP contribution in [-0.2, 0) is 13.1 Å². The maximum Gasteiger partial charge on any atom is 0.226 e. The van der Waals surface area contributed by atoms with Gasteiger partial charge in [-0.2, -0.15) is 0 Å². The Morgan fingerprint density at radius 1 is 1.00 bits per heavy atom. The van der Waals surface area contributed by atoms with Gasteiger partial charge in [0.25, 0.3) is 0 Å². The topological polar surface area (TPSA) is 68.0 Å². The maximum absolute atomic E-state index is 9.44. The molecule has 0 aliphatic carbocycles. The van der Waals surface area contributed by atoms with E-state index in [0.717, 1.165) is 23.6 Å². The van der Waals surface area contributed by atoms with Crippen molar-refractivity contribution in [3.8, 4) is 23.0 Å². The molecular formula is C22H26N2O4. The van der Waals surface area contributed by atoms with Crippen LogP contribution in [0.4, 0.5) is 0 Å². The molecule has 3 aromatic rings. The van der Waals surface area contributed by atoms with Gasteiger partial charge in [-0.15, -0.1) is 0 Å². The lowest BCUT2D eigenvalue weighted by atomic mass is 10.2. The van der Waals surface area contributed by atoms with Crippen molar-refractivity contribution in [3.05, 3.63) is 65.5 Å². The molecule has 6 heteroatoms. The first-order chi connectivity index (χ1) is 13.6. The van der Waals surface area contributed by atoms with Crippen molar-refractivity contribution in [2.75, 3.05) is 27.4 Å². The Labute approximate surface area is 165 Å². The van der Waals surface area contributed by atoms with Crippen LogP contribution >= 0.6 is 0 Å². The van der Waals surface area contributed by atoms with Crippen molar-refractivity contribution in [2.24, 2.45) is 0 Å². The van der Waals surface area contributed by atoms with E-state index in [4.69, 9.17) is 13.9 Å². The zero-order valence-electron chi connectivity index (χ0n) is 16.5. The molecule has 0 aliphatic rings. The van der Waals surface area contributed by atoms with Gasteiger partial charge in [-0.05, 0) is 30.7 Å². The van der Waals surface area contributed by atoms with Crippen LogP contribution in [0.5, 0.6) is 11.5 Å². The number of aryl methyl sites for hydroxylation is 1. The first-order valence-electron chi connectivity index (χ1n) is 9.20. The second kappa shape index (κ2) is 9.39. The molecule has 3 rings (SSSR count). The van der Waals surface area contributed by atoms with Crippen LogP contribution < -0.4 is 9.47 Å². The Bertz CT molecular complexity index is 893. The molecule has 6 nitrogen and oxygen atoms in total. The quantitative estimate of drug-likeness (QED) is 0.609. The van der Waals surface area contributed by atoms with Gasteiger partial charge in [0.15, 0.2) is 11.5 Å². The van der Waals surface area contributed by atoms with Gasteiger partial charge in [0.2, 0.25) is 5.89 Å². The molecular weight excluding hydrogens is 356 g/mol. The third-order valence-corrected chi connectivity index (χ3v) is 4.56. The normalized spacial score (nSPS) is 11.0. The van der Waals surface area contributed by atoms with E-state index in [0.29, 0.717) is 30.5 Å². The van der Waals surface area contributed by atoms with Crippen LogP contribution in [0.15, 0.2) is 52.9 Å². The lowest BCUT2D eigenvalue weighted by molar-refractivity contribution is 0.182. The van der Waals surface area contributed by atoms with Crippen molar-refractivity contribution < 1.29 is 19.0 Å².